The van der Waals surface area contributed by atoms with Gasteiger partial charge in [0.25, 0.3) is 0 Å². The second-order valence-corrected chi connectivity index (χ2v) is 16.0. The molecular formula is C34H56N2O2. The van der Waals surface area contributed by atoms with Gasteiger partial charge in [-0.05, 0) is 82.0 Å². The van der Waals surface area contributed by atoms with Crippen LogP contribution in [-0.4, -0.2) is 41.3 Å². The molecule has 0 saturated carbocycles. The van der Waals surface area contributed by atoms with E-state index in [0.717, 1.165) is 33.4 Å². The van der Waals surface area contributed by atoms with Crippen LogP contribution in [0.1, 0.15) is 116 Å². The molecule has 38 heavy (non-hydrogen) atoms. The molecular weight excluding hydrogens is 468 g/mol. The topological polar surface area (TPSA) is 69.7 Å². The molecule has 0 aromatic heterocycles. The van der Waals surface area contributed by atoms with Gasteiger partial charge in [-0.1, -0.05) is 107 Å². The summed E-state index contributed by atoms with van der Waals surface area (Å²) >= 11 is 0. The van der Waals surface area contributed by atoms with Crippen molar-refractivity contribution in [3.8, 4) is 11.5 Å². The molecule has 0 radical (unpaired) electrons. The predicted molar refractivity (Wildman–Crippen MR) is 164 cm³/mol. The lowest BCUT2D eigenvalue weighted by Gasteiger charge is -2.36. The van der Waals surface area contributed by atoms with Crippen LogP contribution in [0.15, 0.2) is 24.3 Å². The maximum atomic E-state index is 11.2. The molecule has 0 unspecified atom stereocenters. The van der Waals surface area contributed by atoms with Crippen LogP contribution in [-0.2, 0) is 34.5 Å². The second-order valence-electron chi connectivity index (χ2n) is 16.0. The molecule has 4 heteroatoms. The zero-order valence-electron chi connectivity index (χ0n) is 26.8. The van der Waals surface area contributed by atoms with Gasteiger partial charge >= 0.3 is 0 Å². The largest absolute Gasteiger partial charge is 0.507 e. The first-order chi connectivity index (χ1) is 16.8. The normalized spacial score (nSPS) is 13.9. The lowest BCUT2D eigenvalue weighted by atomic mass is 9.75. The zero-order valence-corrected chi connectivity index (χ0v) is 26.8. The maximum absolute atomic E-state index is 11.2. The van der Waals surface area contributed by atoms with Crippen molar-refractivity contribution in [3.05, 3.63) is 57.6 Å². The molecule has 4 nitrogen and oxygen atoms in total. The quantitative estimate of drug-likeness (QED) is 0.370. The Kier molecular flexibility index (Phi) is 8.89. The molecule has 2 aromatic rings. The molecule has 0 aliphatic heterocycles. The highest BCUT2D eigenvalue weighted by atomic mass is 16.3. The fourth-order valence-electron chi connectivity index (χ4n) is 5.50. The number of likely N-dealkylation sites (N-methyl/N-ethyl adjacent to an activating group) is 1. The third-order valence-corrected chi connectivity index (χ3v) is 7.31. The van der Waals surface area contributed by atoms with E-state index in [1.54, 1.807) is 0 Å². The zero-order chi connectivity index (χ0) is 29.6. The summed E-state index contributed by atoms with van der Waals surface area (Å²) in [4.78, 5) is 2.16. The number of rotatable bonds is 6. The molecule has 0 aliphatic rings. The smallest absolute Gasteiger partial charge is 0.123 e. The Hall–Kier alpha value is -2.04. The molecule has 0 fully saturated rings. The second kappa shape index (κ2) is 10.5. The van der Waals surface area contributed by atoms with Gasteiger partial charge in [-0.2, -0.15) is 0 Å². The summed E-state index contributed by atoms with van der Waals surface area (Å²) in [5.41, 5.74) is 12.1. The summed E-state index contributed by atoms with van der Waals surface area (Å²) in [6, 6.07) is 8.61. The Bertz CT molecular complexity index is 980. The van der Waals surface area contributed by atoms with Crippen molar-refractivity contribution >= 4 is 0 Å². The highest BCUT2D eigenvalue weighted by molar-refractivity contribution is 5.52. The number of benzene rings is 2. The molecule has 2 rings (SSSR count). The Balaban J connectivity index is 2.71. The van der Waals surface area contributed by atoms with E-state index in [0.29, 0.717) is 30.9 Å². The van der Waals surface area contributed by atoms with Crippen molar-refractivity contribution in [2.24, 2.45) is 5.73 Å². The fraction of sp³-hybridized carbons (Fsp3) is 0.647. The van der Waals surface area contributed by atoms with E-state index in [9.17, 15) is 10.2 Å². The van der Waals surface area contributed by atoms with Crippen molar-refractivity contribution in [2.45, 2.75) is 123 Å². The van der Waals surface area contributed by atoms with Gasteiger partial charge in [0.05, 0.1) is 0 Å². The van der Waals surface area contributed by atoms with Gasteiger partial charge in [0.1, 0.15) is 11.5 Å². The van der Waals surface area contributed by atoms with Crippen LogP contribution in [0.4, 0.5) is 0 Å². The standard InChI is InChI=1S/C34H56N2O2/c1-30(2,3)24-15-22(16-25(28(24)37)31(4,5)6)19-34(35,21-36(13)14)20-23-17-26(32(7,8)9)29(38)27(18-23)33(10,11)12/h15-18,37-38H,19-21,35H2,1-14H3. The van der Waals surface area contributed by atoms with E-state index in [2.05, 4.69) is 126 Å². The SMILES string of the molecule is CN(C)CC(N)(Cc1cc(C(C)(C)C)c(O)c(C(C)(C)C)c1)Cc1cc(C(C)(C)C)c(O)c(C(C)(C)C)c1. The summed E-state index contributed by atoms with van der Waals surface area (Å²) in [6.07, 6.45) is 1.35. The van der Waals surface area contributed by atoms with Crippen LogP contribution in [0.3, 0.4) is 0 Å². The average molecular weight is 525 g/mol. The molecule has 0 atom stereocenters. The van der Waals surface area contributed by atoms with Crippen molar-refractivity contribution in [2.75, 3.05) is 20.6 Å². The first kappa shape index (κ1) is 32.2. The van der Waals surface area contributed by atoms with Gasteiger partial charge in [-0.15, -0.1) is 0 Å². The summed E-state index contributed by atoms with van der Waals surface area (Å²) < 4.78 is 0. The monoisotopic (exact) mass is 524 g/mol. The number of hydrogen-bond donors (Lipinski definition) is 3. The van der Waals surface area contributed by atoms with E-state index in [1.807, 2.05) is 0 Å². The molecule has 0 saturated heterocycles. The Labute approximate surface area is 233 Å². The number of aromatic hydroxyl groups is 2. The molecule has 2 aromatic carbocycles. The molecule has 0 spiro atoms. The van der Waals surface area contributed by atoms with E-state index in [1.165, 1.54) is 0 Å². The van der Waals surface area contributed by atoms with Crippen LogP contribution >= 0.6 is 0 Å². The van der Waals surface area contributed by atoms with Crippen LogP contribution in [0.5, 0.6) is 11.5 Å². The minimum absolute atomic E-state index is 0.195. The molecule has 0 heterocycles. The van der Waals surface area contributed by atoms with Gasteiger partial charge in [-0.3, -0.25) is 0 Å². The van der Waals surface area contributed by atoms with E-state index >= 15 is 0 Å². The minimum Gasteiger partial charge on any atom is -0.507 e. The number of nitrogens with two attached hydrogens (primary N) is 1. The van der Waals surface area contributed by atoms with Crippen molar-refractivity contribution in [1.29, 1.82) is 0 Å². The van der Waals surface area contributed by atoms with Crippen molar-refractivity contribution in [1.82, 2.24) is 4.90 Å². The van der Waals surface area contributed by atoms with Crippen LogP contribution in [0.25, 0.3) is 0 Å². The highest BCUT2D eigenvalue weighted by Crippen LogP contribution is 2.42. The third kappa shape index (κ3) is 7.76. The van der Waals surface area contributed by atoms with Gasteiger partial charge < -0.3 is 20.8 Å². The predicted octanol–water partition coefficient (Wildman–Crippen LogP) is 7.33. The van der Waals surface area contributed by atoms with Crippen molar-refractivity contribution < 1.29 is 10.2 Å². The van der Waals surface area contributed by atoms with Gasteiger partial charge in [0.15, 0.2) is 0 Å². The van der Waals surface area contributed by atoms with E-state index in [4.69, 9.17) is 5.73 Å². The fourth-order valence-corrected chi connectivity index (χ4v) is 5.50. The first-order valence-corrected chi connectivity index (χ1v) is 14.0. The Morgan fingerprint density at radius 2 is 0.789 bits per heavy atom. The molecule has 4 N–H and O–H groups in total. The number of phenolic OH excluding ortho intramolecular Hbond substituents is 2. The van der Waals surface area contributed by atoms with Crippen LogP contribution in [0, 0.1) is 0 Å². The highest BCUT2D eigenvalue weighted by Gasteiger charge is 2.33. The summed E-state index contributed by atoms with van der Waals surface area (Å²) in [5, 5.41) is 22.5. The molecule has 0 bridgehead atoms. The van der Waals surface area contributed by atoms with Crippen molar-refractivity contribution in [3.63, 3.8) is 0 Å². The number of phenols is 2. The Morgan fingerprint density at radius 1 is 0.553 bits per heavy atom. The Morgan fingerprint density at radius 3 is 0.974 bits per heavy atom. The van der Waals surface area contributed by atoms with Gasteiger partial charge in [-0.25, -0.2) is 0 Å². The minimum atomic E-state index is -0.550. The lowest BCUT2D eigenvalue weighted by molar-refractivity contribution is 0.277. The summed E-state index contributed by atoms with van der Waals surface area (Å²) in [6.45, 7) is 26.5. The number of hydrogen-bond acceptors (Lipinski definition) is 4. The van der Waals surface area contributed by atoms with Crippen LogP contribution < -0.4 is 5.73 Å². The average Bonchev–Trinajstić information content (AvgIpc) is 2.66. The molecule has 0 aliphatic carbocycles. The van der Waals surface area contributed by atoms with Crippen LogP contribution in [0.2, 0.25) is 0 Å². The summed E-state index contributed by atoms with van der Waals surface area (Å²) in [5.74, 6) is 0.791. The van der Waals surface area contributed by atoms with Gasteiger partial charge in [0, 0.05) is 12.1 Å². The molecule has 214 valence electrons. The summed E-state index contributed by atoms with van der Waals surface area (Å²) in [7, 11) is 4.13. The maximum Gasteiger partial charge on any atom is 0.123 e. The first-order valence-electron chi connectivity index (χ1n) is 14.0. The van der Waals surface area contributed by atoms with Gasteiger partial charge in [0.2, 0.25) is 0 Å². The van der Waals surface area contributed by atoms with E-state index < -0.39 is 5.54 Å². The molecule has 0 amide bonds. The third-order valence-electron chi connectivity index (χ3n) is 7.31. The number of nitrogens with zero attached hydrogens (tertiary/aromatic N) is 1. The lowest BCUT2D eigenvalue weighted by Crippen LogP contribution is -2.52. The van der Waals surface area contributed by atoms with E-state index in [-0.39, 0.29) is 21.7 Å².